The molecule has 0 aliphatic heterocycles. The lowest BCUT2D eigenvalue weighted by atomic mass is 9.80. The number of carbonyl (C=O) groups excluding carboxylic acids is 1. The molecule has 1 aromatic carbocycles. The van der Waals surface area contributed by atoms with Crippen molar-refractivity contribution in [1.82, 2.24) is 5.32 Å². The van der Waals surface area contributed by atoms with Crippen molar-refractivity contribution in [1.29, 1.82) is 0 Å². The van der Waals surface area contributed by atoms with Gasteiger partial charge in [0.2, 0.25) is 5.91 Å². The number of hydrogen-bond acceptors (Lipinski definition) is 3. The third-order valence-corrected chi connectivity index (χ3v) is 4.17. The Morgan fingerprint density at radius 2 is 1.90 bits per heavy atom. The summed E-state index contributed by atoms with van der Waals surface area (Å²) in [6.07, 6.45) is 4.82. The Kier molecular flexibility index (Phi) is 4.83. The molecule has 0 unspecified atom stereocenters. The Labute approximate surface area is 125 Å². The molecule has 0 atom stereocenters. The van der Waals surface area contributed by atoms with E-state index in [0.717, 1.165) is 37.7 Å². The zero-order valence-electron chi connectivity index (χ0n) is 12.4. The number of carbonyl (C=O) groups is 1. The standard InChI is InChI=1S/C16H23N3O2/c1-12-5-7-13(8-6-12)11-14(20)18-16(15(17)19-21)9-3-2-4-10-16/h5-8,21H,2-4,9-11H2,1H3,(H2,17,19)(H,18,20). The molecule has 0 radical (unpaired) electrons. The van der Waals surface area contributed by atoms with Gasteiger partial charge in [-0.2, -0.15) is 0 Å². The molecule has 0 saturated heterocycles. The van der Waals surface area contributed by atoms with Gasteiger partial charge in [-0.05, 0) is 25.3 Å². The van der Waals surface area contributed by atoms with Crippen LogP contribution >= 0.6 is 0 Å². The molecule has 4 N–H and O–H groups in total. The van der Waals surface area contributed by atoms with E-state index in [4.69, 9.17) is 10.9 Å². The number of rotatable bonds is 4. The van der Waals surface area contributed by atoms with Crippen molar-refractivity contribution < 1.29 is 10.0 Å². The minimum Gasteiger partial charge on any atom is -0.409 e. The van der Waals surface area contributed by atoms with Crippen molar-refractivity contribution >= 4 is 11.7 Å². The van der Waals surface area contributed by atoms with E-state index in [2.05, 4.69) is 10.5 Å². The van der Waals surface area contributed by atoms with Crippen LogP contribution in [0.15, 0.2) is 29.4 Å². The highest BCUT2D eigenvalue weighted by Gasteiger charge is 2.37. The molecule has 0 heterocycles. The maximum absolute atomic E-state index is 12.3. The van der Waals surface area contributed by atoms with Gasteiger partial charge < -0.3 is 16.3 Å². The van der Waals surface area contributed by atoms with Crippen LogP contribution in [0.1, 0.15) is 43.2 Å². The van der Waals surface area contributed by atoms with Crippen molar-refractivity contribution in [2.24, 2.45) is 10.9 Å². The van der Waals surface area contributed by atoms with Gasteiger partial charge in [-0.1, -0.05) is 54.2 Å². The summed E-state index contributed by atoms with van der Waals surface area (Å²) in [5.74, 6) is 0.0202. The SMILES string of the molecule is Cc1ccc(CC(=O)NC2(/C(N)=N/O)CCCCC2)cc1. The highest BCUT2D eigenvalue weighted by atomic mass is 16.4. The fraction of sp³-hybridized carbons (Fsp3) is 0.500. The van der Waals surface area contributed by atoms with Gasteiger partial charge in [-0.15, -0.1) is 0 Å². The summed E-state index contributed by atoms with van der Waals surface area (Å²) >= 11 is 0. The first-order valence-corrected chi connectivity index (χ1v) is 7.40. The Morgan fingerprint density at radius 1 is 1.29 bits per heavy atom. The second-order valence-corrected chi connectivity index (χ2v) is 5.84. The second-order valence-electron chi connectivity index (χ2n) is 5.84. The summed E-state index contributed by atoms with van der Waals surface area (Å²) < 4.78 is 0. The molecule has 0 aromatic heterocycles. The van der Waals surface area contributed by atoms with Gasteiger partial charge in [0.1, 0.15) is 5.54 Å². The van der Waals surface area contributed by atoms with Gasteiger partial charge in [0.15, 0.2) is 5.84 Å². The molecular weight excluding hydrogens is 266 g/mol. The quantitative estimate of drug-likeness (QED) is 0.343. The highest BCUT2D eigenvalue weighted by Crippen LogP contribution is 2.28. The van der Waals surface area contributed by atoms with Crippen LogP contribution in [0.2, 0.25) is 0 Å². The fourth-order valence-corrected chi connectivity index (χ4v) is 2.90. The minimum atomic E-state index is -0.686. The number of aryl methyl sites for hydroxylation is 1. The third-order valence-electron chi connectivity index (χ3n) is 4.17. The van der Waals surface area contributed by atoms with Crippen LogP contribution in [0, 0.1) is 6.92 Å². The smallest absolute Gasteiger partial charge is 0.225 e. The third kappa shape index (κ3) is 3.74. The molecule has 1 fully saturated rings. The lowest BCUT2D eigenvalue weighted by molar-refractivity contribution is -0.122. The number of nitrogens with zero attached hydrogens (tertiary/aromatic N) is 1. The highest BCUT2D eigenvalue weighted by molar-refractivity contribution is 5.94. The Hall–Kier alpha value is -2.04. The van der Waals surface area contributed by atoms with Gasteiger partial charge in [0.05, 0.1) is 6.42 Å². The monoisotopic (exact) mass is 289 g/mol. The first kappa shape index (κ1) is 15.4. The lowest BCUT2D eigenvalue weighted by Gasteiger charge is -2.36. The van der Waals surface area contributed by atoms with Crippen molar-refractivity contribution in [3.63, 3.8) is 0 Å². The minimum absolute atomic E-state index is 0.0904. The summed E-state index contributed by atoms with van der Waals surface area (Å²) in [4.78, 5) is 12.3. The van der Waals surface area contributed by atoms with E-state index >= 15 is 0 Å². The zero-order chi connectivity index (χ0) is 15.3. The van der Waals surface area contributed by atoms with Crippen LogP contribution in [0.4, 0.5) is 0 Å². The van der Waals surface area contributed by atoms with Gasteiger partial charge in [0.25, 0.3) is 0 Å². The predicted molar refractivity (Wildman–Crippen MR) is 82.3 cm³/mol. The van der Waals surface area contributed by atoms with E-state index in [1.54, 1.807) is 0 Å². The number of oxime groups is 1. The zero-order valence-corrected chi connectivity index (χ0v) is 12.4. The maximum Gasteiger partial charge on any atom is 0.225 e. The first-order valence-electron chi connectivity index (χ1n) is 7.40. The number of hydrogen-bond donors (Lipinski definition) is 3. The van der Waals surface area contributed by atoms with Crippen molar-refractivity contribution in [2.45, 2.75) is 51.0 Å². The number of nitrogens with one attached hydrogen (secondary N) is 1. The molecule has 21 heavy (non-hydrogen) atoms. The Morgan fingerprint density at radius 3 is 2.48 bits per heavy atom. The molecular formula is C16H23N3O2. The van der Waals surface area contributed by atoms with E-state index in [1.807, 2.05) is 31.2 Å². The molecule has 0 bridgehead atoms. The van der Waals surface area contributed by atoms with Crippen molar-refractivity contribution in [3.05, 3.63) is 35.4 Å². The predicted octanol–water partition coefficient (Wildman–Crippen LogP) is 2.10. The van der Waals surface area contributed by atoms with Crippen LogP contribution in [0.25, 0.3) is 0 Å². The number of nitrogens with two attached hydrogens (primary N) is 1. The van der Waals surface area contributed by atoms with E-state index in [9.17, 15) is 4.79 Å². The normalized spacial score (nSPS) is 18.2. The van der Waals surface area contributed by atoms with Gasteiger partial charge in [-0.3, -0.25) is 4.79 Å². The van der Waals surface area contributed by atoms with Crippen molar-refractivity contribution in [2.75, 3.05) is 0 Å². The molecule has 5 heteroatoms. The molecule has 0 spiro atoms. The van der Waals surface area contributed by atoms with E-state index in [-0.39, 0.29) is 11.7 Å². The van der Waals surface area contributed by atoms with Crippen LogP contribution in [0.3, 0.4) is 0 Å². The van der Waals surface area contributed by atoms with Crippen LogP contribution in [-0.4, -0.2) is 22.5 Å². The molecule has 1 aliphatic rings. The van der Waals surface area contributed by atoms with Crippen LogP contribution < -0.4 is 11.1 Å². The second kappa shape index (κ2) is 6.61. The Bertz CT molecular complexity index is 517. The van der Waals surface area contributed by atoms with Gasteiger partial charge in [-0.25, -0.2) is 0 Å². The maximum atomic E-state index is 12.3. The van der Waals surface area contributed by atoms with Crippen LogP contribution in [0.5, 0.6) is 0 Å². The summed E-state index contributed by atoms with van der Waals surface area (Å²) in [7, 11) is 0. The average molecular weight is 289 g/mol. The molecule has 2 rings (SSSR count). The number of amides is 1. The van der Waals surface area contributed by atoms with Crippen LogP contribution in [-0.2, 0) is 11.2 Å². The number of amidine groups is 1. The van der Waals surface area contributed by atoms with E-state index in [1.165, 1.54) is 5.56 Å². The molecule has 1 aromatic rings. The molecule has 114 valence electrons. The molecule has 1 amide bonds. The fourth-order valence-electron chi connectivity index (χ4n) is 2.90. The largest absolute Gasteiger partial charge is 0.409 e. The van der Waals surface area contributed by atoms with E-state index in [0.29, 0.717) is 6.42 Å². The van der Waals surface area contributed by atoms with Gasteiger partial charge in [0, 0.05) is 0 Å². The topological polar surface area (TPSA) is 87.7 Å². The molecule has 5 nitrogen and oxygen atoms in total. The van der Waals surface area contributed by atoms with Crippen molar-refractivity contribution in [3.8, 4) is 0 Å². The number of benzene rings is 1. The first-order chi connectivity index (χ1) is 10.1. The van der Waals surface area contributed by atoms with E-state index < -0.39 is 5.54 Å². The Balaban J connectivity index is 2.06. The average Bonchev–Trinajstić information content (AvgIpc) is 2.49. The molecule has 1 aliphatic carbocycles. The van der Waals surface area contributed by atoms with Gasteiger partial charge >= 0.3 is 0 Å². The summed E-state index contributed by atoms with van der Waals surface area (Å²) in [6.45, 7) is 2.01. The summed E-state index contributed by atoms with van der Waals surface area (Å²) in [5, 5.41) is 15.1. The summed E-state index contributed by atoms with van der Waals surface area (Å²) in [6, 6.07) is 7.88. The summed E-state index contributed by atoms with van der Waals surface area (Å²) in [5.41, 5.74) is 7.27. The molecule has 1 saturated carbocycles. The lowest BCUT2D eigenvalue weighted by Crippen LogP contribution is -2.58.